The second-order valence-electron chi connectivity index (χ2n) is 3.92. The van der Waals surface area contributed by atoms with E-state index in [9.17, 15) is 4.79 Å². The van der Waals surface area contributed by atoms with E-state index in [1.165, 1.54) is 17.2 Å². The van der Waals surface area contributed by atoms with E-state index in [-0.39, 0.29) is 0 Å². The molecule has 16 heavy (non-hydrogen) atoms. The molecule has 0 saturated carbocycles. The summed E-state index contributed by atoms with van der Waals surface area (Å²) in [5.41, 5.74) is 2.48. The molecular weight excluding hydrogens is 202 g/mol. The number of likely N-dealkylation sites (N-methyl/N-ethyl adjacent to an activating group) is 1. The summed E-state index contributed by atoms with van der Waals surface area (Å²) in [7, 11) is 1.96. The fraction of sp³-hybridized carbons (Fsp3) is 0.308. The van der Waals surface area contributed by atoms with E-state index in [2.05, 4.69) is 36.1 Å². The van der Waals surface area contributed by atoms with Gasteiger partial charge in [0.05, 0.1) is 0 Å². The van der Waals surface area contributed by atoms with Crippen LogP contribution in [0.5, 0.6) is 0 Å². The zero-order valence-corrected chi connectivity index (χ0v) is 9.68. The van der Waals surface area contributed by atoms with Gasteiger partial charge in [-0.1, -0.05) is 35.9 Å². The van der Waals surface area contributed by atoms with Crippen LogP contribution in [0.1, 0.15) is 11.1 Å². The first-order valence-electron chi connectivity index (χ1n) is 5.21. The summed E-state index contributed by atoms with van der Waals surface area (Å²) in [6, 6.07) is 8.34. The van der Waals surface area contributed by atoms with E-state index < -0.39 is 5.97 Å². The summed E-state index contributed by atoms with van der Waals surface area (Å²) in [4.78, 5) is 12.3. The Balaban J connectivity index is 2.42. The van der Waals surface area contributed by atoms with Gasteiger partial charge in [0.1, 0.15) is 0 Å². The third-order valence-corrected chi connectivity index (χ3v) is 2.25. The molecule has 0 aromatic heterocycles. The van der Waals surface area contributed by atoms with Crippen molar-refractivity contribution in [1.82, 2.24) is 4.90 Å². The second-order valence-corrected chi connectivity index (χ2v) is 3.92. The number of hydrogen-bond acceptors (Lipinski definition) is 2. The SMILES string of the molecule is Cc1ccc(CN(C)CC=CC(=O)O)cc1. The number of rotatable bonds is 5. The Labute approximate surface area is 96.0 Å². The minimum atomic E-state index is -0.899. The molecular formula is C13H17NO2. The minimum Gasteiger partial charge on any atom is -0.478 e. The number of hydrogen-bond donors (Lipinski definition) is 1. The smallest absolute Gasteiger partial charge is 0.328 e. The zero-order chi connectivity index (χ0) is 12.0. The van der Waals surface area contributed by atoms with Crippen LogP contribution in [0.2, 0.25) is 0 Å². The maximum absolute atomic E-state index is 10.3. The Morgan fingerprint density at radius 3 is 2.56 bits per heavy atom. The van der Waals surface area contributed by atoms with Crippen LogP contribution in [-0.4, -0.2) is 29.6 Å². The second kappa shape index (κ2) is 6.08. The number of aliphatic carboxylic acids is 1. The fourth-order valence-corrected chi connectivity index (χ4v) is 1.40. The van der Waals surface area contributed by atoms with Crippen LogP contribution in [0.4, 0.5) is 0 Å². The standard InChI is InChI=1S/C13H17NO2/c1-11-5-7-12(8-6-11)10-14(2)9-3-4-13(15)16/h3-8H,9-10H2,1-2H3,(H,15,16). The highest BCUT2D eigenvalue weighted by Crippen LogP contribution is 2.05. The first-order valence-corrected chi connectivity index (χ1v) is 5.21. The van der Waals surface area contributed by atoms with Gasteiger partial charge in [-0.3, -0.25) is 4.90 Å². The molecule has 0 aliphatic carbocycles. The van der Waals surface area contributed by atoms with Crippen molar-refractivity contribution in [2.24, 2.45) is 0 Å². The van der Waals surface area contributed by atoms with Crippen molar-refractivity contribution in [2.75, 3.05) is 13.6 Å². The Kier molecular flexibility index (Phi) is 4.73. The third kappa shape index (κ3) is 4.75. The Bertz CT molecular complexity index is 368. The number of carboxylic acids is 1. The maximum Gasteiger partial charge on any atom is 0.328 e. The average Bonchev–Trinajstić information content (AvgIpc) is 2.21. The topological polar surface area (TPSA) is 40.5 Å². The quantitative estimate of drug-likeness (QED) is 0.771. The van der Waals surface area contributed by atoms with Crippen molar-refractivity contribution in [3.63, 3.8) is 0 Å². The molecule has 0 aliphatic heterocycles. The van der Waals surface area contributed by atoms with Gasteiger partial charge in [-0.15, -0.1) is 0 Å². The summed E-state index contributed by atoms with van der Waals surface area (Å²) in [5.74, 6) is -0.899. The molecule has 3 heteroatoms. The van der Waals surface area contributed by atoms with Crippen LogP contribution in [0.25, 0.3) is 0 Å². The number of carbonyl (C=O) groups is 1. The van der Waals surface area contributed by atoms with Crippen molar-refractivity contribution in [3.8, 4) is 0 Å². The van der Waals surface area contributed by atoms with Crippen molar-refractivity contribution in [1.29, 1.82) is 0 Å². The van der Waals surface area contributed by atoms with Gasteiger partial charge >= 0.3 is 5.97 Å². The molecule has 0 spiro atoms. The van der Waals surface area contributed by atoms with E-state index in [0.29, 0.717) is 6.54 Å². The van der Waals surface area contributed by atoms with E-state index in [1.54, 1.807) is 6.08 Å². The van der Waals surface area contributed by atoms with Crippen molar-refractivity contribution >= 4 is 5.97 Å². The molecule has 3 nitrogen and oxygen atoms in total. The van der Waals surface area contributed by atoms with Crippen molar-refractivity contribution < 1.29 is 9.90 Å². The van der Waals surface area contributed by atoms with Crippen LogP contribution >= 0.6 is 0 Å². The maximum atomic E-state index is 10.3. The van der Waals surface area contributed by atoms with Gasteiger partial charge < -0.3 is 5.11 Å². The number of aryl methyl sites for hydroxylation is 1. The lowest BCUT2D eigenvalue weighted by Gasteiger charge is -2.14. The molecule has 1 N–H and O–H groups in total. The van der Waals surface area contributed by atoms with Gasteiger partial charge in [0.25, 0.3) is 0 Å². The van der Waals surface area contributed by atoms with Gasteiger partial charge in [0.2, 0.25) is 0 Å². The molecule has 0 unspecified atom stereocenters. The number of carboxylic acid groups (broad SMARTS) is 1. The van der Waals surface area contributed by atoms with Gasteiger partial charge in [-0.2, -0.15) is 0 Å². The molecule has 86 valence electrons. The lowest BCUT2D eigenvalue weighted by molar-refractivity contribution is -0.131. The van der Waals surface area contributed by atoms with Crippen LogP contribution in [0, 0.1) is 6.92 Å². The highest BCUT2D eigenvalue weighted by Gasteiger charge is 1.98. The molecule has 0 aliphatic rings. The molecule has 0 amide bonds. The summed E-state index contributed by atoms with van der Waals surface area (Å²) < 4.78 is 0. The van der Waals surface area contributed by atoms with Gasteiger partial charge in [0, 0.05) is 19.2 Å². The first kappa shape index (κ1) is 12.5. The van der Waals surface area contributed by atoms with Crippen LogP contribution in [0.3, 0.4) is 0 Å². The largest absolute Gasteiger partial charge is 0.478 e. The van der Waals surface area contributed by atoms with Crippen molar-refractivity contribution in [2.45, 2.75) is 13.5 Å². The van der Waals surface area contributed by atoms with Crippen LogP contribution in [0.15, 0.2) is 36.4 Å². The molecule has 1 aromatic carbocycles. The molecule has 0 bridgehead atoms. The predicted molar refractivity (Wildman–Crippen MR) is 64.3 cm³/mol. The third-order valence-electron chi connectivity index (χ3n) is 2.25. The highest BCUT2D eigenvalue weighted by atomic mass is 16.4. The molecule has 1 aromatic rings. The normalized spacial score (nSPS) is 11.2. The highest BCUT2D eigenvalue weighted by molar-refractivity contribution is 5.79. The summed E-state index contributed by atoms with van der Waals surface area (Å²) >= 11 is 0. The van der Waals surface area contributed by atoms with Gasteiger partial charge in [0.15, 0.2) is 0 Å². The fourth-order valence-electron chi connectivity index (χ4n) is 1.40. The Hall–Kier alpha value is -1.61. The lowest BCUT2D eigenvalue weighted by Crippen LogP contribution is -2.17. The monoisotopic (exact) mass is 219 g/mol. The zero-order valence-electron chi connectivity index (χ0n) is 9.68. The van der Waals surface area contributed by atoms with Crippen molar-refractivity contribution in [3.05, 3.63) is 47.5 Å². The molecule has 0 radical (unpaired) electrons. The van der Waals surface area contributed by atoms with E-state index >= 15 is 0 Å². The van der Waals surface area contributed by atoms with E-state index in [0.717, 1.165) is 6.54 Å². The number of nitrogens with zero attached hydrogens (tertiary/aromatic N) is 1. The summed E-state index contributed by atoms with van der Waals surface area (Å²) in [5, 5.41) is 8.44. The molecule has 0 atom stereocenters. The van der Waals surface area contributed by atoms with Crippen LogP contribution in [-0.2, 0) is 11.3 Å². The molecule has 0 saturated heterocycles. The van der Waals surface area contributed by atoms with Gasteiger partial charge in [-0.05, 0) is 19.5 Å². The summed E-state index contributed by atoms with van der Waals surface area (Å²) in [6.07, 6.45) is 2.82. The average molecular weight is 219 g/mol. The molecule has 0 heterocycles. The number of benzene rings is 1. The van der Waals surface area contributed by atoms with Gasteiger partial charge in [-0.25, -0.2) is 4.79 Å². The predicted octanol–water partition coefficient (Wildman–Crippen LogP) is 2.07. The summed E-state index contributed by atoms with van der Waals surface area (Å²) in [6.45, 7) is 3.52. The lowest BCUT2D eigenvalue weighted by atomic mass is 10.1. The Morgan fingerprint density at radius 1 is 1.38 bits per heavy atom. The minimum absolute atomic E-state index is 0.639. The molecule has 1 rings (SSSR count). The molecule has 0 fully saturated rings. The van der Waals surface area contributed by atoms with E-state index in [1.807, 2.05) is 7.05 Å². The van der Waals surface area contributed by atoms with Crippen LogP contribution < -0.4 is 0 Å². The van der Waals surface area contributed by atoms with E-state index in [4.69, 9.17) is 5.11 Å². The Morgan fingerprint density at radius 2 is 2.00 bits per heavy atom. The first-order chi connectivity index (χ1) is 7.58.